The van der Waals surface area contributed by atoms with Gasteiger partial charge < -0.3 is 15.8 Å². The number of nitrogens with one attached hydrogen (secondary N) is 1. The highest BCUT2D eigenvalue weighted by Crippen LogP contribution is 2.29. The number of methoxy groups -OCH3 is 1. The van der Waals surface area contributed by atoms with Crippen LogP contribution >= 0.6 is 22.9 Å². The molecule has 3 N–H and O–H groups in total. The smallest absolute Gasteiger partial charge is 0.323 e. The highest BCUT2D eigenvalue weighted by molar-refractivity contribution is 7.16. The largest absolute Gasteiger partial charge is 0.468 e. The van der Waals surface area contributed by atoms with Gasteiger partial charge in [-0.3, -0.25) is 4.79 Å². The average molecular weight is 292 g/mol. The Bertz CT molecular complexity index is 428. The summed E-state index contributed by atoms with van der Waals surface area (Å²) in [6, 6.07) is -0.713. The van der Waals surface area contributed by atoms with Crippen LogP contribution in [0.4, 0.5) is 5.13 Å². The SMILES string of the molecule is COC(=O)C(N)Cc1sc(NC(C)(C)C)nc1Cl. The maximum atomic E-state index is 11.2. The summed E-state index contributed by atoms with van der Waals surface area (Å²) >= 11 is 7.42. The molecule has 0 bridgehead atoms. The molecule has 0 fully saturated rings. The van der Waals surface area contributed by atoms with E-state index in [1.165, 1.54) is 18.4 Å². The summed E-state index contributed by atoms with van der Waals surface area (Å²) in [5.74, 6) is -0.454. The summed E-state index contributed by atoms with van der Waals surface area (Å²) in [7, 11) is 1.31. The van der Waals surface area contributed by atoms with Crippen LogP contribution in [0.15, 0.2) is 0 Å². The van der Waals surface area contributed by atoms with E-state index in [0.717, 1.165) is 10.0 Å². The number of ether oxygens (including phenoxy) is 1. The molecule has 102 valence electrons. The number of nitrogens with two attached hydrogens (primary N) is 1. The van der Waals surface area contributed by atoms with Gasteiger partial charge in [0.25, 0.3) is 0 Å². The number of anilines is 1. The molecular weight excluding hydrogens is 274 g/mol. The molecule has 0 saturated carbocycles. The Morgan fingerprint density at radius 2 is 2.22 bits per heavy atom. The Morgan fingerprint density at radius 1 is 1.61 bits per heavy atom. The minimum absolute atomic E-state index is 0.0943. The Morgan fingerprint density at radius 3 is 2.72 bits per heavy atom. The van der Waals surface area contributed by atoms with E-state index in [4.69, 9.17) is 17.3 Å². The van der Waals surface area contributed by atoms with Crippen molar-refractivity contribution in [1.82, 2.24) is 4.98 Å². The van der Waals surface area contributed by atoms with Gasteiger partial charge in [0.15, 0.2) is 5.13 Å². The molecule has 1 aromatic rings. The minimum atomic E-state index is -0.713. The Hall–Kier alpha value is -0.850. The van der Waals surface area contributed by atoms with Crippen molar-refractivity contribution >= 4 is 34.0 Å². The predicted octanol–water partition coefficient (Wildman–Crippen LogP) is 2.05. The van der Waals surface area contributed by atoms with Crippen molar-refractivity contribution in [3.8, 4) is 0 Å². The zero-order valence-corrected chi connectivity index (χ0v) is 12.5. The van der Waals surface area contributed by atoms with Gasteiger partial charge in [-0.05, 0) is 20.8 Å². The molecule has 0 aliphatic heterocycles. The number of carbonyl (C=O) groups excluding carboxylic acids is 1. The van der Waals surface area contributed by atoms with Gasteiger partial charge in [0.05, 0.1) is 7.11 Å². The minimum Gasteiger partial charge on any atom is -0.468 e. The van der Waals surface area contributed by atoms with Crippen LogP contribution in [0.25, 0.3) is 0 Å². The fourth-order valence-electron chi connectivity index (χ4n) is 1.27. The van der Waals surface area contributed by atoms with E-state index in [1.807, 2.05) is 20.8 Å². The molecule has 0 saturated heterocycles. The second-order valence-corrected chi connectivity index (χ2v) is 6.38. The third kappa shape index (κ3) is 4.44. The Kier molecular flexibility index (Phi) is 4.95. The first-order valence-corrected chi connectivity index (χ1v) is 6.69. The molecule has 0 radical (unpaired) electrons. The second-order valence-electron chi connectivity index (χ2n) is 4.94. The molecule has 0 aliphatic carbocycles. The first kappa shape index (κ1) is 15.2. The highest BCUT2D eigenvalue weighted by Gasteiger charge is 2.20. The van der Waals surface area contributed by atoms with Crippen LogP contribution in [0.1, 0.15) is 25.6 Å². The van der Waals surface area contributed by atoms with Crippen LogP contribution in [0.5, 0.6) is 0 Å². The summed E-state index contributed by atoms with van der Waals surface area (Å²) < 4.78 is 4.57. The van der Waals surface area contributed by atoms with Crippen molar-refractivity contribution in [3.05, 3.63) is 10.0 Å². The van der Waals surface area contributed by atoms with Gasteiger partial charge >= 0.3 is 5.97 Å². The molecule has 0 aromatic carbocycles. The molecule has 1 atom stereocenters. The number of esters is 1. The lowest BCUT2D eigenvalue weighted by Crippen LogP contribution is -2.33. The van der Waals surface area contributed by atoms with Crippen molar-refractivity contribution in [3.63, 3.8) is 0 Å². The van der Waals surface area contributed by atoms with E-state index < -0.39 is 12.0 Å². The van der Waals surface area contributed by atoms with Crippen LogP contribution in [0.2, 0.25) is 5.15 Å². The zero-order valence-electron chi connectivity index (χ0n) is 10.9. The maximum Gasteiger partial charge on any atom is 0.323 e. The summed E-state index contributed by atoms with van der Waals surface area (Å²) in [6.45, 7) is 6.09. The van der Waals surface area contributed by atoms with Gasteiger partial charge in [-0.15, -0.1) is 11.3 Å². The number of hydrogen-bond acceptors (Lipinski definition) is 6. The molecule has 0 aliphatic rings. The quantitative estimate of drug-likeness (QED) is 0.830. The molecule has 5 nitrogen and oxygen atoms in total. The van der Waals surface area contributed by atoms with Gasteiger partial charge in [-0.1, -0.05) is 11.6 Å². The van der Waals surface area contributed by atoms with Gasteiger partial charge in [0.1, 0.15) is 11.2 Å². The van der Waals surface area contributed by atoms with Crippen LogP contribution in [0.3, 0.4) is 0 Å². The van der Waals surface area contributed by atoms with Crippen molar-refractivity contribution < 1.29 is 9.53 Å². The molecule has 1 heterocycles. The highest BCUT2D eigenvalue weighted by atomic mass is 35.5. The van der Waals surface area contributed by atoms with Gasteiger partial charge in [-0.25, -0.2) is 4.98 Å². The van der Waals surface area contributed by atoms with E-state index in [-0.39, 0.29) is 5.54 Å². The van der Waals surface area contributed by atoms with E-state index in [0.29, 0.717) is 11.6 Å². The van der Waals surface area contributed by atoms with Crippen molar-refractivity contribution in [2.45, 2.75) is 38.8 Å². The Labute approximate surface area is 116 Å². The second kappa shape index (κ2) is 5.86. The topological polar surface area (TPSA) is 77.2 Å². The van der Waals surface area contributed by atoms with Gasteiger partial charge in [-0.2, -0.15) is 0 Å². The standard InChI is InChI=1S/C11H18ClN3O2S/c1-11(2,3)15-10-14-8(12)7(18-10)5-6(13)9(16)17-4/h6H,5,13H2,1-4H3,(H,14,15). The molecule has 1 rings (SSSR count). The molecule has 1 unspecified atom stereocenters. The number of aromatic nitrogens is 1. The van der Waals surface area contributed by atoms with E-state index in [9.17, 15) is 4.79 Å². The van der Waals surface area contributed by atoms with Gasteiger partial charge in [0, 0.05) is 16.8 Å². The summed E-state index contributed by atoms with van der Waals surface area (Å²) in [4.78, 5) is 16.2. The normalized spacial score (nSPS) is 13.2. The number of halogens is 1. The summed E-state index contributed by atoms with van der Waals surface area (Å²) in [5, 5.41) is 4.33. The van der Waals surface area contributed by atoms with Crippen LogP contribution in [-0.4, -0.2) is 29.6 Å². The van der Waals surface area contributed by atoms with Crippen molar-refractivity contribution in [1.29, 1.82) is 0 Å². The molecule has 7 heteroatoms. The number of nitrogens with zero attached hydrogens (tertiary/aromatic N) is 1. The monoisotopic (exact) mass is 291 g/mol. The van der Waals surface area contributed by atoms with Crippen molar-refractivity contribution in [2.75, 3.05) is 12.4 Å². The first-order valence-electron chi connectivity index (χ1n) is 5.49. The molecular formula is C11H18ClN3O2S. The fourth-order valence-corrected chi connectivity index (χ4v) is 2.72. The lowest BCUT2D eigenvalue weighted by atomic mass is 10.1. The van der Waals surface area contributed by atoms with Crippen molar-refractivity contribution in [2.24, 2.45) is 5.73 Å². The first-order chi connectivity index (χ1) is 8.23. The number of carbonyl (C=O) groups is 1. The maximum absolute atomic E-state index is 11.2. The number of rotatable bonds is 4. The third-order valence-corrected chi connectivity index (χ3v) is 3.46. The molecule has 18 heavy (non-hydrogen) atoms. The lowest BCUT2D eigenvalue weighted by molar-refractivity contribution is -0.142. The number of thiazole rings is 1. The van der Waals surface area contributed by atoms with Gasteiger partial charge in [0.2, 0.25) is 0 Å². The summed E-state index contributed by atoms with van der Waals surface area (Å²) in [6.07, 6.45) is 0.328. The van der Waals surface area contributed by atoms with E-state index in [1.54, 1.807) is 0 Å². The molecule has 0 spiro atoms. The molecule has 1 aromatic heterocycles. The van der Waals surface area contributed by atoms with Crippen LogP contribution < -0.4 is 11.1 Å². The fraction of sp³-hybridized carbons (Fsp3) is 0.636. The zero-order chi connectivity index (χ0) is 13.9. The van der Waals surface area contributed by atoms with Crippen LogP contribution in [0, 0.1) is 0 Å². The summed E-state index contributed by atoms with van der Waals surface area (Å²) in [5.41, 5.74) is 5.60. The average Bonchev–Trinajstić information content (AvgIpc) is 2.55. The Balaban J connectivity index is 2.76. The van der Waals surface area contributed by atoms with Crippen LogP contribution in [-0.2, 0) is 16.0 Å². The third-order valence-electron chi connectivity index (χ3n) is 2.04. The van der Waals surface area contributed by atoms with E-state index in [2.05, 4.69) is 15.0 Å². The van der Waals surface area contributed by atoms with E-state index >= 15 is 0 Å². The lowest BCUT2D eigenvalue weighted by Gasteiger charge is -2.19. The molecule has 0 amide bonds. The predicted molar refractivity (Wildman–Crippen MR) is 74.2 cm³/mol. The number of hydrogen-bond donors (Lipinski definition) is 2.